The topological polar surface area (TPSA) is 15.3 Å². The summed E-state index contributed by atoms with van der Waals surface area (Å²) in [5, 5.41) is 3.36. The summed E-state index contributed by atoms with van der Waals surface area (Å²) in [6.45, 7) is 2.60. The van der Waals surface area contributed by atoms with Gasteiger partial charge in [0.15, 0.2) is 0 Å². The van der Waals surface area contributed by atoms with Gasteiger partial charge in [-0.2, -0.15) is 13.2 Å². The fraction of sp³-hybridized carbons (Fsp3) is 0.625. The van der Waals surface area contributed by atoms with E-state index in [9.17, 15) is 13.2 Å². The maximum absolute atomic E-state index is 12.9. The van der Waals surface area contributed by atoms with Crippen molar-refractivity contribution in [2.45, 2.75) is 31.4 Å². The third-order valence-electron chi connectivity index (χ3n) is 4.66. The molecule has 1 N–H and O–H groups in total. The highest BCUT2D eigenvalue weighted by Gasteiger charge is 2.42. The van der Waals surface area contributed by atoms with Crippen LogP contribution in [0.4, 0.5) is 18.9 Å². The quantitative estimate of drug-likeness (QED) is 0.892. The molecule has 2 heterocycles. The van der Waals surface area contributed by atoms with Crippen LogP contribution in [0.15, 0.2) is 24.3 Å². The van der Waals surface area contributed by atoms with Gasteiger partial charge in [-0.15, -0.1) is 0 Å². The van der Waals surface area contributed by atoms with E-state index in [1.54, 1.807) is 0 Å². The second-order valence-corrected chi connectivity index (χ2v) is 6.14. The Balaban J connectivity index is 1.67. The summed E-state index contributed by atoms with van der Waals surface area (Å²) < 4.78 is 38.7. The Morgan fingerprint density at radius 1 is 1.19 bits per heavy atom. The Kier molecular flexibility index (Phi) is 4.11. The predicted octanol–water partition coefficient (Wildman–Crippen LogP) is 3.86. The molecule has 0 saturated carbocycles. The van der Waals surface area contributed by atoms with E-state index in [0.29, 0.717) is 12.3 Å². The van der Waals surface area contributed by atoms with Gasteiger partial charge in [0.1, 0.15) is 0 Å². The first-order valence-electron chi connectivity index (χ1n) is 7.66. The highest BCUT2D eigenvalue weighted by atomic mass is 19.4. The smallest absolute Gasteiger partial charge is 0.385 e. The molecule has 5 heteroatoms. The van der Waals surface area contributed by atoms with Gasteiger partial charge >= 0.3 is 6.18 Å². The van der Waals surface area contributed by atoms with Crippen molar-refractivity contribution < 1.29 is 13.2 Å². The number of hydrogen-bond donors (Lipinski definition) is 1. The van der Waals surface area contributed by atoms with Gasteiger partial charge in [0, 0.05) is 31.2 Å². The van der Waals surface area contributed by atoms with Gasteiger partial charge in [0.25, 0.3) is 0 Å². The molecule has 3 rings (SSSR count). The van der Waals surface area contributed by atoms with Crippen LogP contribution in [0, 0.1) is 5.92 Å². The molecular weight excluding hydrogens is 277 g/mol. The zero-order valence-electron chi connectivity index (χ0n) is 12.0. The van der Waals surface area contributed by atoms with Gasteiger partial charge in [-0.25, -0.2) is 0 Å². The minimum atomic E-state index is -4.05. The summed E-state index contributed by atoms with van der Waals surface area (Å²) in [4.78, 5) is 2.01. The zero-order valence-corrected chi connectivity index (χ0v) is 12.0. The van der Waals surface area contributed by atoms with E-state index in [1.165, 1.54) is 5.56 Å². The maximum Gasteiger partial charge on any atom is 0.393 e. The average Bonchev–Trinajstić information content (AvgIpc) is 2.47. The summed E-state index contributed by atoms with van der Waals surface area (Å²) in [6.07, 6.45) is -2.13. The number of likely N-dealkylation sites (tertiary alicyclic amines) is 1. The molecule has 1 aromatic rings. The molecule has 0 bridgehead atoms. The number of fused-ring (bicyclic) bond motifs is 1. The first-order chi connectivity index (χ1) is 10.0. The Hall–Kier alpha value is -1.23. The van der Waals surface area contributed by atoms with Crippen LogP contribution >= 0.6 is 0 Å². The second-order valence-electron chi connectivity index (χ2n) is 6.14. The van der Waals surface area contributed by atoms with Crippen molar-refractivity contribution in [2.24, 2.45) is 5.92 Å². The number of halogens is 3. The molecular formula is C16H21F3N2. The fourth-order valence-electron chi connectivity index (χ4n) is 3.54. The van der Waals surface area contributed by atoms with Crippen molar-refractivity contribution in [2.75, 3.05) is 31.5 Å². The number of para-hydroxylation sites is 1. The molecule has 2 unspecified atom stereocenters. The van der Waals surface area contributed by atoms with E-state index in [2.05, 4.69) is 17.4 Å². The molecule has 0 radical (unpaired) electrons. The van der Waals surface area contributed by atoms with Crippen LogP contribution in [-0.4, -0.2) is 37.3 Å². The van der Waals surface area contributed by atoms with E-state index in [1.807, 2.05) is 17.0 Å². The van der Waals surface area contributed by atoms with Gasteiger partial charge in [0.2, 0.25) is 0 Å². The number of anilines is 1. The third kappa shape index (κ3) is 3.34. The van der Waals surface area contributed by atoms with Crippen LogP contribution in [0.3, 0.4) is 0 Å². The second kappa shape index (κ2) is 5.87. The molecule has 0 amide bonds. The van der Waals surface area contributed by atoms with E-state index < -0.39 is 12.1 Å². The molecule has 116 valence electrons. The highest BCUT2D eigenvalue weighted by Crippen LogP contribution is 2.36. The van der Waals surface area contributed by atoms with Crippen LogP contribution in [0.5, 0.6) is 0 Å². The maximum atomic E-state index is 12.9. The minimum absolute atomic E-state index is 0.162. The average molecular weight is 298 g/mol. The van der Waals surface area contributed by atoms with Crippen molar-refractivity contribution in [1.82, 2.24) is 4.90 Å². The molecule has 21 heavy (non-hydrogen) atoms. The molecule has 2 nitrogen and oxygen atoms in total. The Morgan fingerprint density at radius 3 is 2.81 bits per heavy atom. The summed E-state index contributed by atoms with van der Waals surface area (Å²) in [7, 11) is 0. The highest BCUT2D eigenvalue weighted by molar-refractivity contribution is 5.54. The van der Waals surface area contributed by atoms with Gasteiger partial charge in [-0.1, -0.05) is 18.2 Å². The van der Waals surface area contributed by atoms with Crippen LogP contribution in [0.25, 0.3) is 0 Å². The number of nitrogens with one attached hydrogen (secondary N) is 1. The lowest BCUT2D eigenvalue weighted by Gasteiger charge is -2.37. The third-order valence-corrected chi connectivity index (χ3v) is 4.66. The first-order valence-corrected chi connectivity index (χ1v) is 7.66. The van der Waals surface area contributed by atoms with Gasteiger partial charge in [-0.3, -0.25) is 0 Å². The lowest BCUT2D eigenvalue weighted by Crippen LogP contribution is -2.43. The Bertz CT molecular complexity index is 487. The van der Waals surface area contributed by atoms with Gasteiger partial charge in [0.05, 0.1) is 5.92 Å². The number of rotatable bonds is 2. The first kappa shape index (κ1) is 14.7. The molecule has 1 fully saturated rings. The summed E-state index contributed by atoms with van der Waals surface area (Å²) >= 11 is 0. The van der Waals surface area contributed by atoms with Gasteiger partial charge in [-0.05, 0) is 37.4 Å². The van der Waals surface area contributed by atoms with E-state index >= 15 is 0 Å². The van der Waals surface area contributed by atoms with Crippen LogP contribution in [0.1, 0.15) is 30.7 Å². The molecule has 2 atom stereocenters. The monoisotopic (exact) mass is 298 g/mol. The predicted molar refractivity (Wildman–Crippen MR) is 77.5 cm³/mol. The molecule has 0 aliphatic carbocycles. The molecule has 0 aromatic heterocycles. The van der Waals surface area contributed by atoms with E-state index in [-0.39, 0.29) is 13.0 Å². The summed E-state index contributed by atoms with van der Waals surface area (Å²) in [5.74, 6) is -0.808. The van der Waals surface area contributed by atoms with Crippen molar-refractivity contribution >= 4 is 5.69 Å². The molecule has 1 aromatic carbocycles. The zero-order chi connectivity index (χ0) is 14.9. The summed E-state index contributed by atoms with van der Waals surface area (Å²) in [5.41, 5.74) is 2.39. The normalized spacial score (nSPS) is 27.0. The number of benzene rings is 1. The van der Waals surface area contributed by atoms with Crippen molar-refractivity contribution in [1.29, 1.82) is 0 Å². The lowest BCUT2D eigenvalue weighted by molar-refractivity contribution is -0.186. The van der Waals surface area contributed by atoms with Gasteiger partial charge < -0.3 is 10.2 Å². The molecule has 0 spiro atoms. The molecule has 1 saturated heterocycles. The lowest BCUT2D eigenvalue weighted by atomic mass is 9.89. The molecule has 2 aliphatic heterocycles. The number of alkyl halides is 3. The SMILES string of the molecule is FC(F)(F)C1CCCN(CC2CCNc3ccccc32)C1. The Labute approximate surface area is 123 Å². The van der Waals surface area contributed by atoms with Crippen LogP contribution in [0.2, 0.25) is 0 Å². The van der Waals surface area contributed by atoms with E-state index in [4.69, 9.17) is 0 Å². The van der Waals surface area contributed by atoms with Crippen molar-refractivity contribution in [3.8, 4) is 0 Å². The van der Waals surface area contributed by atoms with Crippen molar-refractivity contribution in [3.05, 3.63) is 29.8 Å². The summed E-state index contributed by atoms with van der Waals surface area (Å²) in [6, 6.07) is 8.15. The number of nitrogens with zero attached hydrogens (tertiary/aromatic N) is 1. The van der Waals surface area contributed by atoms with Crippen LogP contribution in [-0.2, 0) is 0 Å². The van der Waals surface area contributed by atoms with E-state index in [0.717, 1.165) is 31.7 Å². The number of hydrogen-bond acceptors (Lipinski definition) is 2. The van der Waals surface area contributed by atoms with Crippen LogP contribution < -0.4 is 5.32 Å². The minimum Gasteiger partial charge on any atom is -0.385 e. The number of piperidine rings is 1. The Morgan fingerprint density at radius 2 is 2.00 bits per heavy atom. The van der Waals surface area contributed by atoms with Crippen molar-refractivity contribution in [3.63, 3.8) is 0 Å². The molecule has 2 aliphatic rings. The standard InChI is InChI=1S/C16H21F3N2/c17-16(18,19)13-4-3-9-21(11-13)10-12-7-8-20-15-6-2-1-5-14(12)15/h1-2,5-6,12-13,20H,3-4,7-11H2. The largest absolute Gasteiger partial charge is 0.393 e. The fourth-order valence-corrected chi connectivity index (χ4v) is 3.54.